The summed E-state index contributed by atoms with van der Waals surface area (Å²) in [6.07, 6.45) is 7.45. The average molecular weight is 301 g/mol. The first-order valence-corrected chi connectivity index (χ1v) is 7.46. The quantitative estimate of drug-likeness (QED) is 0.622. The van der Waals surface area contributed by atoms with Crippen molar-refractivity contribution in [1.82, 2.24) is 5.32 Å². The molecule has 2 N–H and O–H groups in total. The van der Waals surface area contributed by atoms with Crippen molar-refractivity contribution >= 4 is 34.6 Å². The predicted octanol–water partition coefficient (Wildman–Crippen LogP) is 4.49. The number of halogens is 2. The lowest BCUT2D eigenvalue weighted by Gasteiger charge is -2.19. The second-order valence-electron chi connectivity index (χ2n) is 4.92. The Bertz CT molecular complexity index is 445. The summed E-state index contributed by atoms with van der Waals surface area (Å²) in [6, 6.07) is 4.94. The van der Waals surface area contributed by atoms with E-state index in [9.17, 15) is 4.39 Å². The molecule has 0 heterocycles. The van der Waals surface area contributed by atoms with Gasteiger partial charge in [0.2, 0.25) is 0 Å². The first-order valence-electron chi connectivity index (χ1n) is 6.68. The third-order valence-electron chi connectivity index (χ3n) is 3.37. The van der Waals surface area contributed by atoms with E-state index in [0.717, 1.165) is 12.8 Å². The molecule has 0 radical (unpaired) electrons. The van der Waals surface area contributed by atoms with Gasteiger partial charge in [-0.05, 0) is 43.3 Å². The van der Waals surface area contributed by atoms with Gasteiger partial charge in [0, 0.05) is 11.7 Å². The summed E-state index contributed by atoms with van der Waals surface area (Å²) in [5.41, 5.74) is 0.706. The summed E-state index contributed by atoms with van der Waals surface area (Å²) in [5.74, 6) is -0.421. The van der Waals surface area contributed by atoms with Gasteiger partial charge in [0.25, 0.3) is 0 Å². The SMILES string of the molecule is Fc1ccc(NC(=S)NC2CCCCCC2)cc1Cl. The Morgan fingerprint density at radius 3 is 2.53 bits per heavy atom. The number of nitrogens with one attached hydrogen (secondary N) is 2. The largest absolute Gasteiger partial charge is 0.360 e. The van der Waals surface area contributed by atoms with Crippen LogP contribution in [0.5, 0.6) is 0 Å². The van der Waals surface area contributed by atoms with Crippen LogP contribution in [-0.4, -0.2) is 11.2 Å². The van der Waals surface area contributed by atoms with Gasteiger partial charge in [0.1, 0.15) is 5.82 Å². The molecule has 1 aliphatic carbocycles. The number of rotatable bonds is 2. The molecule has 1 saturated carbocycles. The number of anilines is 1. The van der Waals surface area contributed by atoms with E-state index in [-0.39, 0.29) is 5.02 Å². The summed E-state index contributed by atoms with van der Waals surface area (Å²) >= 11 is 11.0. The molecule has 1 aromatic carbocycles. The Labute approximate surface area is 123 Å². The van der Waals surface area contributed by atoms with Crippen LogP contribution in [0.15, 0.2) is 18.2 Å². The Morgan fingerprint density at radius 1 is 1.21 bits per heavy atom. The second kappa shape index (κ2) is 7.06. The van der Waals surface area contributed by atoms with Crippen molar-refractivity contribution in [2.45, 2.75) is 44.6 Å². The highest BCUT2D eigenvalue weighted by Crippen LogP contribution is 2.20. The first kappa shape index (κ1) is 14.5. The molecule has 0 amide bonds. The molecule has 1 fully saturated rings. The van der Waals surface area contributed by atoms with Crippen LogP contribution in [0, 0.1) is 5.82 Å². The van der Waals surface area contributed by atoms with Crippen LogP contribution in [0.1, 0.15) is 38.5 Å². The van der Waals surface area contributed by atoms with Crippen molar-refractivity contribution in [3.8, 4) is 0 Å². The zero-order valence-electron chi connectivity index (χ0n) is 10.7. The van der Waals surface area contributed by atoms with Crippen molar-refractivity contribution < 1.29 is 4.39 Å². The topological polar surface area (TPSA) is 24.1 Å². The number of hydrogen-bond acceptors (Lipinski definition) is 1. The van der Waals surface area contributed by atoms with Gasteiger partial charge in [-0.3, -0.25) is 0 Å². The summed E-state index contributed by atoms with van der Waals surface area (Å²) in [4.78, 5) is 0. The molecular formula is C14H18ClFN2S. The molecule has 2 rings (SSSR count). The summed E-state index contributed by atoms with van der Waals surface area (Å²) in [5, 5.41) is 7.05. The van der Waals surface area contributed by atoms with Crippen LogP contribution in [0.25, 0.3) is 0 Å². The lowest BCUT2D eigenvalue weighted by molar-refractivity contribution is 0.535. The van der Waals surface area contributed by atoms with E-state index in [1.54, 1.807) is 6.07 Å². The van der Waals surface area contributed by atoms with Gasteiger partial charge in [0.05, 0.1) is 5.02 Å². The van der Waals surface area contributed by atoms with Crippen molar-refractivity contribution in [3.05, 3.63) is 29.0 Å². The van der Waals surface area contributed by atoms with Crippen LogP contribution in [0.3, 0.4) is 0 Å². The summed E-state index contributed by atoms with van der Waals surface area (Å²) in [6.45, 7) is 0. The Kier molecular flexibility index (Phi) is 5.40. The zero-order valence-corrected chi connectivity index (χ0v) is 12.3. The molecule has 19 heavy (non-hydrogen) atoms. The Balaban J connectivity index is 1.87. The third kappa shape index (κ3) is 4.62. The maximum atomic E-state index is 13.0. The zero-order chi connectivity index (χ0) is 13.7. The molecule has 1 aliphatic rings. The highest BCUT2D eigenvalue weighted by Gasteiger charge is 2.13. The molecular weight excluding hydrogens is 283 g/mol. The molecule has 1 aromatic rings. The van der Waals surface area contributed by atoms with Crippen LogP contribution < -0.4 is 10.6 Å². The normalized spacial score (nSPS) is 16.7. The minimum atomic E-state index is -0.421. The molecule has 2 nitrogen and oxygen atoms in total. The van der Waals surface area contributed by atoms with Gasteiger partial charge in [-0.2, -0.15) is 0 Å². The van der Waals surface area contributed by atoms with Crippen molar-refractivity contribution in [2.24, 2.45) is 0 Å². The molecule has 0 saturated heterocycles. The van der Waals surface area contributed by atoms with E-state index in [0.29, 0.717) is 16.8 Å². The smallest absolute Gasteiger partial charge is 0.170 e. The molecule has 0 unspecified atom stereocenters. The fraction of sp³-hybridized carbons (Fsp3) is 0.500. The molecule has 0 bridgehead atoms. The first-order chi connectivity index (χ1) is 9.15. The van der Waals surface area contributed by atoms with Crippen LogP contribution in [0.4, 0.5) is 10.1 Å². The molecule has 0 aromatic heterocycles. The van der Waals surface area contributed by atoms with Gasteiger partial charge in [-0.1, -0.05) is 37.3 Å². The van der Waals surface area contributed by atoms with E-state index in [4.69, 9.17) is 23.8 Å². The molecule has 5 heteroatoms. The van der Waals surface area contributed by atoms with Gasteiger partial charge < -0.3 is 10.6 Å². The highest BCUT2D eigenvalue weighted by atomic mass is 35.5. The van der Waals surface area contributed by atoms with Gasteiger partial charge in [-0.15, -0.1) is 0 Å². The second-order valence-corrected chi connectivity index (χ2v) is 5.73. The fourth-order valence-corrected chi connectivity index (χ4v) is 2.82. The van der Waals surface area contributed by atoms with E-state index < -0.39 is 5.82 Å². The van der Waals surface area contributed by atoms with Crippen LogP contribution in [0.2, 0.25) is 5.02 Å². The minimum absolute atomic E-state index is 0.0993. The number of hydrogen-bond donors (Lipinski definition) is 2. The number of benzene rings is 1. The lowest BCUT2D eigenvalue weighted by Crippen LogP contribution is -2.37. The number of thiocarbonyl (C=S) groups is 1. The maximum absolute atomic E-state index is 13.0. The Hall–Kier alpha value is -0.870. The summed E-state index contributed by atoms with van der Waals surface area (Å²) < 4.78 is 13.0. The standard InChI is InChI=1S/C14H18ClFN2S/c15-12-9-11(7-8-13(12)16)18-14(19)17-10-5-3-1-2-4-6-10/h7-10H,1-6H2,(H2,17,18,19). The highest BCUT2D eigenvalue weighted by molar-refractivity contribution is 7.80. The lowest BCUT2D eigenvalue weighted by atomic mass is 10.1. The molecule has 0 spiro atoms. The van der Waals surface area contributed by atoms with Crippen LogP contribution >= 0.6 is 23.8 Å². The molecule has 0 aliphatic heterocycles. The minimum Gasteiger partial charge on any atom is -0.360 e. The van der Waals surface area contributed by atoms with E-state index in [2.05, 4.69) is 10.6 Å². The van der Waals surface area contributed by atoms with Gasteiger partial charge >= 0.3 is 0 Å². The van der Waals surface area contributed by atoms with E-state index in [1.807, 2.05) is 0 Å². The third-order valence-corrected chi connectivity index (χ3v) is 3.88. The Morgan fingerprint density at radius 2 is 1.89 bits per heavy atom. The van der Waals surface area contributed by atoms with Crippen LogP contribution in [-0.2, 0) is 0 Å². The average Bonchev–Trinajstić information content (AvgIpc) is 2.62. The molecule has 104 valence electrons. The van der Waals surface area contributed by atoms with E-state index in [1.165, 1.54) is 37.8 Å². The molecule has 0 atom stereocenters. The van der Waals surface area contributed by atoms with Gasteiger partial charge in [0.15, 0.2) is 5.11 Å². The maximum Gasteiger partial charge on any atom is 0.170 e. The van der Waals surface area contributed by atoms with Crippen molar-refractivity contribution in [2.75, 3.05) is 5.32 Å². The predicted molar refractivity (Wildman–Crippen MR) is 82.3 cm³/mol. The summed E-state index contributed by atoms with van der Waals surface area (Å²) in [7, 11) is 0. The van der Waals surface area contributed by atoms with Crippen molar-refractivity contribution in [1.29, 1.82) is 0 Å². The fourth-order valence-electron chi connectivity index (χ4n) is 2.35. The van der Waals surface area contributed by atoms with Crippen molar-refractivity contribution in [3.63, 3.8) is 0 Å². The monoisotopic (exact) mass is 300 g/mol. The van der Waals surface area contributed by atoms with Gasteiger partial charge in [-0.25, -0.2) is 4.39 Å². The van der Waals surface area contributed by atoms with E-state index >= 15 is 0 Å².